The number of benzene rings is 1. The van der Waals surface area contributed by atoms with Gasteiger partial charge in [0.2, 0.25) is 5.91 Å². The van der Waals surface area contributed by atoms with Crippen LogP contribution in [0.4, 0.5) is 0 Å². The second kappa shape index (κ2) is 5.84. The average molecular weight is 314 g/mol. The number of hydrogen-bond acceptors (Lipinski definition) is 6. The molecule has 1 N–H and O–H groups in total. The molecule has 0 bridgehead atoms. The minimum absolute atomic E-state index is 0.0327. The van der Waals surface area contributed by atoms with Crippen molar-refractivity contribution in [1.82, 2.24) is 10.3 Å². The van der Waals surface area contributed by atoms with Crippen LogP contribution < -0.4 is 5.32 Å². The summed E-state index contributed by atoms with van der Waals surface area (Å²) in [5.74, 6) is 0.0977. The van der Waals surface area contributed by atoms with Gasteiger partial charge in [-0.1, -0.05) is 18.7 Å². The lowest BCUT2D eigenvalue weighted by atomic mass is 10.3. The summed E-state index contributed by atoms with van der Waals surface area (Å²) in [6.07, 6.45) is 0. The molecule has 1 amide bonds. The summed E-state index contributed by atoms with van der Waals surface area (Å²) in [6, 6.07) is 4.58. The van der Waals surface area contributed by atoms with Gasteiger partial charge >= 0.3 is 0 Å². The van der Waals surface area contributed by atoms with Crippen molar-refractivity contribution in [3.63, 3.8) is 0 Å². The first-order valence-corrected chi connectivity index (χ1v) is 8.57. The van der Waals surface area contributed by atoms with Gasteiger partial charge in [-0.2, -0.15) is 0 Å². The Bertz CT molecular complexity index is 737. The Hall–Kier alpha value is -1.54. The first-order chi connectivity index (χ1) is 9.46. The summed E-state index contributed by atoms with van der Waals surface area (Å²) in [4.78, 5) is 15.5. The molecule has 0 spiro atoms. The Morgan fingerprint density at radius 1 is 1.45 bits per heavy atom. The summed E-state index contributed by atoms with van der Waals surface area (Å²) in [6.45, 7) is 1.59. The Labute approximate surface area is 120 Å². The number of hydrogen-bond donors (Lipinski definition) is 1. The lowest BCUT2D eigenvalue weighted by Gasteiger charge is -1.99. The molecule has 0 aliphatic carbocycles. The Kier molecular flexibility index (Phi) is 4.34. The Morgan fingerprint density at radius 2 is 2.20 bits per heavy atom. The van der Waals surface area contributed by atoms with E-state index < -0.39 is 9.84 Å². The van der Waals surface area contributed by atoms with E-state index in [-0.39, 0.29) is 22.3 Å². The van der Waals surface area contributed by atoms with Crippen molar-refractivity contribution in [3.05, 3.63) is 18.2 Å². The number of oxazole rings is 1. The molecule has 1 heterocycles. The van der Waals surface area contributed by atoms with Crippen LogP contribution in [0.3, 0.4) is 0 Å². The molecule has 8 heteroatoms. The normalized spacial score (nSPS) is 11.7. The van der Waals surface area contributed by atoms with Crippen LogP contribution in [0.5, 0.6) is 0 Å². The number of nitrogens with zero attached hydrogens (tertiary/aromatic N) is 1. The molecule has 0 fully saturated rings. The second-order valence-corrected chi connectivity index (χ2v) is 7.18. The molecule has 2 rings (SSSR count). The van der Waals surface area contributed by atoms with Crippen molar-refractivity contribution in [2.45, 2.75) is 17.0 Å². The van der Waals surface area contributed by atoms with E-state index in [2.05, 4.69) is 10.3 Å². The number of carbonyl (C=O) groups excluding carboxylic acids is 1. The fraction of sp³-hybridized carbons (Fsp3) is 0.333. The van der Waals surface area contributed by atoms with Crippen LogP contribution in [-0.4, -0.2) is 37.9 Å². The maximum absolute atomic E-state index is 11.8. The highest BCUT2D eigenvalue weighted by atomic mass is 32.2. The van der Waals surface area contributed by atoms with E-state index in [1.807, 2.05) is 0 Å². The van der Waals surface area contributed by atoms with Gasteiger partial charge in [0.05, 0.1) is 16.4 Å². The fourth-order valence-corrected chi connectivity index (χ4v) is 3.11. The molecule has 0 atom stereocenters. The van der Waals surface area contributed by atoms with Crippen molar-refractivity contribution in [1.29, 1.82) is 0 Å². The van der Waals surface area contributed by atoms with E-state index in [1.165, 1.54) is 12.1 Å². The molecule has 1 aromatic carbocycles. The molecule has 2 aromatic rings. The van der Waals surface area contributed by atoms with Crippen molar-refractivity contribution < 1.29 is 17.6 Å². The van der Waals surface area contributed by atoms with E-state index in [4.69, 9.17) is 4.42 Å². The van der Waals surface area contributed by atoms with Gasteiger partial charge in [0.1, 0.15) is 5.52 Å². The Morgan fingerprint density at radius 3 is 2.85 bits per heavy atom. The summed E-state index contributed by atoms with van der Waals surface area (Å²) < 4.78 is 29.0. The topological polar surface area (TPSA) is 89.3 Å². The highest BCUT2D eigenvalue weighted by Gasteiger charge is 2.15. The van der Waals surface area contributed by atoms with Crippen LogP contribution in [0.1, 0.15) is 6.92 Å². The summed E-state index contributed by atoms with van der Waals surface area (Å²) >= 11 is 1.16. The molecule has 0 saturated carbocycles. The van der Waals surface area contributed by atoms with Gasteiger partial charge in [-0.25, -0.2) is 13.4 Å². The third kappa shape index (κ3) is 3.13. The first kappa shape index (κ1) is 14.9. The van der Waals surface area contributed by atoms with Gasteiger partial charge in [0.25, 0.3) is 5.22 Å². The number of sulfone groups is 1. The number of rotatable bonds is 5. The van der Waals surface area contributed by atoms with E-state index in [1.54, 1.807) is 20.0 Å². The van der Waals surface area contributed by atoms with Crippen LogP contribution in [0.15, 0.2) is 32.7 Å². The molecule has 1 aromatic heterocycles. The van der Waals surface area contributed by atoms with E-state index in [9.17, 15) is 13.2 Å². The smallest absolute Gasteiger partial charge is 0.257 e. The predicted octanol–water partition coefficient (Wildman–Crippen LogP) is 1.46. The highest BCUT2D eigenvalue weighted by molar-refractivity contribution is 7.99. The lowest BCUT2D eigenvalue weighted by Crippen LogP contribution is -2.19. The summed E-state index contributed by atoms with van der Waals surface area (Å²) in [5, 5.41) is 2.84. The highest BCUT2D eigenvalue weighted by Crippen LogP contribution is 2.25. The summed E-state index contributed by atoms with van der Waals surface area (Å²) in [7, 11) is -1.72. The second-order valence-electron chi connectivity index (χ2n) is 3.97. The SMILES string of the molecule is CCS(=O)(=O)c1ccc2nc(SCC(=O)NC)oc2c1. The zero-order valence-corrected chi connectivity index (χ0v) is 12.7. The van der Waals surface area contributed by atoms with Crippen LogP contribution in [0.25, 0.3) is 11.1 Å². The quantitative estimate of drug-likeness (QED) is 0.840. The summed E-state index contributed by atoms with van der Waals surface area (Å²) in [5.41, 5.74) is 0.971. The molecule has 0 unspecified atom stereocenters. The third-order valence-corrected chi connectivity index (χ3v) is 5.25. The number of thioether (sulfide) groups is 1. The van der Waals surface area contributed by atoms with Gasteiger partial charge < -0.3 is 9.73 Å². The maximum atomic E-state index is 11.8. The maximum Gasteiger partial charge on any atom is 0.257 e. The van der Waals surface area contributed by atoms with Crippen LogP contribution in [0, 0.1) is 0 Å². The van der Waals surface area contributed by atoms with Gasteiger partial charge in [0.15, 0.2) is 15.4 Å². The predicted molar refractivity (Wildman–Crippen MR) is 76.5 cm³/mol. The van der Waals surface area contributed by atoms with Crippen LogP contribution in [0.2, 0.25) is 0 Å². The van der Waals surface area contributed by atoms with Crippen molar-refractivity contribution in [2.75, 3.05) is 18.6 Å². The van der Waals surface area contributed by atoms with E-state index in [0.717, 1.165) is 11.8 Å². The number of fused-ring (bicyclic) bond motifs is 1. The molecular weight excluding hydrogens is 300 g/mol. The number of aromatic nitrogens is 1. The molecule has 108 valence electrons. The van der Waals surface area contributed by atoms with Crippen molar-refractivity contribution in [3.8, 4) is 0 Å². The fourth-order valence-electron chi connectivity index (χ4n) is 1.51. The molecular formula is C12H14N2O4S2. The van der Waals surface area contributed by atoms with Gasteiger partial charge in [-0.3, -0.25) is 4.79 Å². The van der Waals surface area contributed by atoms with Crippen LogP contribution >= 0.6 is 11.8 Å². The minimum Gasteiger partial charge on any atom is -0.431 e. The average Bonchev–Trinajstić information content (AvgIpc) is 2.86. The molecule has 0 saturated heterocycles. The van der Waals surface area contributed by atoms with Crippen molar-refractivity contribution in [2.24, 2.45) is 0 Å². The van der Waals surface area contributed by atoms with Gasteiger partial charge in [-0.15, -0.1) is 0 Å². The van der Waals surface area contributed by atoms with Gasteiger partial charge in [-0.05, 0) is 12.1 Å². The molecule has 0 aliphatic rings. The number of nitrogens with one attached hydrogen (secondary N) is 1. The monoisotopic (exact) mass is 314 g/mol. The molecule has 0 aliphatic heterocycles. The zero-order chi connectivity index (χ0) is 14.8. The largest absolute Gasteiger partial charge is 0.431 e. The lowest BCUT2D eigenvalue weighted by molar-refractivity contribution is -0.118. The molecule has 20 heavy (non-hydrogen) atoms. The molecule has 6 nitrogen and oxygen atoms in total. The standard InChI is InChI=1S/C12H14N2O4S2/c1-3-20(16,17)8-4-5-9-10(6-8)18-12(14-9)19-7-11(15)13-2/h4-6H,3,7H2,1-2H3,(H,13,15). The minimum atomic E-state index is -3.27. The van der Waals surface area contributed by atoms with Crippen LogP contribution in [-0.2, 0) is 14.6 Å². The number of carbonyl (C=O) groups is 1. The van der Waals surface area contributed by atoms with Crippen molar-refractivity contribution >= 4 is 38.6 Å². The molecule has 0 radical (unpaired) electrons. The van der Waals surface area contributed by atoms with Gasteiger partial charge in [0, 0.05) is 13.1 Å². The van der Waals surface area contributed by atoms with E-state index >= 15 is 0 Å². The van der Waals surface area contributed by atoms with E-state index in [0.29, 0.717) is 16.3 Å². The first-order valence-electron chi connectivity index (χ1n) is 5.93. The number of amides is 1. The Balaban J connectivity index is 2.28. The third-order valence-electron chi connectivity index (χ3n) is 2.69. The zero-order valence-electron chi connectivity index (χ0n) is 11.0.